The molecular weight excluding hydrogens is 256 g/mol. The Morgan fingerprint density at radius 3 is 2.58 bits per heavy atom. The summed E-state index contributed by atoms with van der Waals surface area (Å²) in [4.78, 5) is 22.5. The summed E-state index contributed by atoms with van der Waals surface area (Å²) in [6.45, 7) is 0. The van der Waals surface area contributed by atoms with Crippen LogP contribution in [0.3, 0.4) is 0 Å². The highest BCUT2D eigenvalue weighted by molar-refractivity contribution is 6.35. The summed E-state index contributed by atoms with van der Waals surface area (Å²) in [7, 11) is 0. The minimum atomic E-state index is -1.01. The average Bonchev–Trinajstić information content (AvgIpc) is 3.17. The molecule has 7 heteroatoms. The molecule has 0 radical (unpaired) electrons. The fourth-order valence-electron chi connectivity index (χ4n) is 1.29. The van der Waals surface area contributed by atoms with E-state index >= 15 is 0 Å². The van der Waals surface area contributed by atoms with Crippen molar-refractivity contribution in [2.75, 3.05) is 0 Å². The molecule has 1 aliphatic carbocycles. The Morgan fingerprint density at radius 1 is 1.21 bits per heavy atom. The van der Waals surface area contributed by atoms with Gasteiger partial charge in [-0.3, -0.25) is 9.59 Å². The van der Waals surface area contributed by atoms with Gasteiger partial charge in [0.15, 0.2) is 11.6 Å². The fourth-order valence-corrected chi connectivity index (χ4v) is 1.29. The minimum Gasteiger partial charge on any atom is -0.345 e. The highest BCUT2D eigenvalue weighted by Crippen LogP contribution is 2.18. The molecule has 5 nitrogen and oxygen atoms in total. The molecule has 0 spiro atoms. The van der Waals surface area contributed by atoms with Crippen LogP contribution in [0.4, 0.5) is 8.78 Å². The van der Waals surface area contributed by atoms with E-state index in [9.17, 15) is 18.4 Å². The molecule has 19 heavy (non-hydrogen) atoms. The summed E-state index contributed by atoms with van der Waals surface area (Å²) >= 11 is 0. The monoisotopic (exact) mass is 267 g/mol. The van der Waals surface area contributed by atoms with E-state index in [2.05, 4.69) is 10.4 Å². The molecule has 1 saturated carbocycles. The highest BCUT2D eigenvalue weighted by Gasteiger charge is 2.26. The summed E-state index contributed by atoms with van der Waals surface area (Å²) in [6.07, 6.45) is 2.86. The molecule has 0 atom stereocenters. The van der Waals surface area contributed by atoms with E-state index < -0.39 is 23.4 Å². The van der Waals surface area contributed by atoms with Crippen LogP contribution in [0.1, 0.15) is 18.4 Å². The number of halogens is 2. The third-order valence-corrected chi connectivity index (χ3v) is 2.44. The third kappa shape index (κ3) is 3.84. The summed E-state index contributed by atoms with van der Waals surface area (Å²) in [5, 5.41) is 5.97. The van der Waals surface area contributed by atoms with Crippen molar-refractivity contribution in [3.63, 3.8) is 0 Å². The summed E-state index contributed by atoms with van der Waals surface area (Å²) < 4.78 is 25.5. The van der Waals surface area contributed by atoms with Gasteiger partial charge in [0.05, 0.1) is 6.21 Å². The van der Waals surface area contributed by atoms with E-state index in [-0.39, 0.29) is 11.6 Å². The molecule has 1 aliphatic rings. The Morgan fingerprint density at radius 2 is 1.95 bits per heavy atom. The smallest absolute Gasteiger partial charge is 0.329 e. The van der Waals surface area contributed by atoms with E-state index in [4.69, 9.17) is 0 Å². The number of carbonyl (C=O) groups is 2. The molecule has 100 valence electrons. The van der Waals surface area contributed by atoms with Gasteiger partial charge in [0.1, 0.15) is 0 Å². The van der Waals surface area contributed by atoms with Gasteiger partial charge in [0.25, 0.3) is 0 Å². The Bertz CT molecular complexity index is 542. The molecule has 0 aliphatic heterocycles. The van der Waals surface area contributed by atoms with E-state index in [1.54, 1.807) is 0 Å². The molecular formula is C12H11F2N3O2. The van der Waals surface area contributed by atoms with Gasteiger partial charge in [-0.05, 0) is 30.5 Å². The molecule has 1 aromatic rings. The number of benzene rings is 1. The average molecular weight is 267 g/mol. The number of hydrogen-bond acceptors (Lipinski definition) is 3. The lowest BCUT2D eigenvalue weighted by Gasteiger charge is -2.00. The molecule has 1 fully saturated rings. The van der Waals surface area contributed by atoms with Crippen LogP contribution in [0, 0.1) is 11.6 Å². The maximum Gasteiger partial charge on any atom is 0.329 e. The lowest BCUT2D eigenvalue weighted by atomic mass is 10.2. The van der Waals surface area contributed by atoms with Crippen LogP contribution in [-0.2, 0) is 9.59 Å². The minimum absolute atomic E-state index is 0.0772. The van der Waals surface area contributed by atoms with Gasteiger partial charge in [-0.15, -0.1) is 0 Å². The second kappa shape index (κ2) is 5.55. The molecule has 0 unspecified atom stereocenters. The second-order valence-corrected chi connectivity index (χ2v) is 4.12. The second-order valence-electron chi connectivity index (χ2n) is 4.12. The first-order chi connectivity index (χ1) is 9.06. The Balaban J connectivity index is 1.86. The van der Waals surface area contributed by atoms with Gasteiger partial charge in [-0.25, -0.2) is 14.2 Å². The van der Waals surface area contributed by atoms with Crippen LogP contribution in [0.5, 0.6) is 0 Å². The number of hydrazone groups is 1. The molecule has 0 bridgehead atoms. The molecule has 2 rings (SSSR count). The van der Waals surface area contributed by atoms with E-state index in [1.165, 1.54) is 6.07 Å². The number of rotatable bonds is 3. The van der Waals surface area contributed by atoms with E-state index in [1.807, 2.05) is 5.43 Å². The van der Waals surface area contributed by atoms with E-state index in [0.29, 0.717) is 0 Å². The summed E-state index contributed by atoms with van der Waals surface area (Å²) in [6, 6.07) is 3.24. The van der Waals surface area contributed by atoms with Crippen LogP contribution in [0.25, 0.3) is 0 Å². The first-order valence-corrected chi connectivity index (χ1v) is 5.65. The largest absolute Gasteiger partial charge is 0.345 e. The highest BCUT2D eigenvalue weighted by atomic mass is 19.2. The van der Waals surface area contributed by atoms with Gasteiger partial charge in [-0.1, -0.05) is 6.07 Å². The van der Waals surface area contributed by atoms with Crippen LogP contribution in [0.2, 0.25) is 0 Å². The number of carbonyl (C=O) groups excluding carboxylic acids is 2. The van der Waals surface area contributed by atoms with Crippen LogP contribution in [-0.4, -0.2) is 24.1 Å². The first-order valence-electron chi connectivity index (χ1n) is 5.65. The maximum absolute atomic E-state index is 12.9. The van der Waals surface area contributed by atoms with Gasteiger partial charge < -0.3 is 5.32 Å². The lowest BCUT2D eigenvalue weighted by molar-refractivity contribution is -0.139. The van der Waals surface area contributed by atoms with Gasteiger partial charge in [0.2, 0.25) is 0 Å². The maximum atomic E-state index is 12.9. The van der Waals surface area contributed by atoms with E-state index in [0.717, 1.165) is 31.2 Å². The molecule has 2 amide bonds. The summed E-state index contributed by atoms with van der Waals surface area (Å²) in [5.41, 5.74) is 2.27. The number of nitrogens with one attached hydrogen (secondary N) is 2. The first kappa shape index (κ1) is 13.1. The molecule has 2 N–H and O–H groups in total. The molecule has 1 aromatic carbocycles. The predicted octanol–water partition coefficient (Wildman–Crippen LogP) is 0.693. The quantitative estimate of drug-likeness (QED) is 0.480. The van der Waals surface area contributed by atoms with Crippen molar-refractivity contribution in [2.45, 2.75) is 18.9 Å². The van der Waals surface area contributed by atoms with Crippen molar-refractivity contribution in [2.24, 2.45) is 5.10 Å². The van der Waals surface area contributed by atoms with Gasteiger partial charge in [-0.2, -0.15) is 5.10 Å². The molecule has 0 heterocycles. The summed E-state index contributed by atoms with van der Waals surface area (Å²) in [5.74, 6) is -3.64. The van der Waals surface area contributed by atoms with Crippen molar-refractivity contribution >= 4 is 18.0 Å². The van der Waals surface area contributed by atoms with Crippen molar-refractivity contribution in [3.8, 4) is 0 Å². The zero-order valence-electron chi connectivity index (χ0n) is 9.82. The molecule has 0 saturated heterocycles. The Hall–Kier alpha value is -2.31. The lowest BCUT2D eigenvalue weighted by Crippen LogP contribution is -2.38. The topological polar surface area (TPSA) is 70.6 Å². The molecule has 0 aromatic heterocycles. The van der Waals surface area contributed by atoms with Crippen LogP contribution < -0.4 is 10.7 Å². The normalized spacial score (nSPS) is 14.4. The number of hydrogen-bond donors (Lipinski definition) is 2. The third-order valence-electron chi connectivity index (χ3n) is 2.44. The van der Waals surface area contributed by atoms with Crippen LogP contribution in [0.15, 0.2) is 23.3 Å². The zero-order chi connectivity index (χ0) is 13.8. The standard InChI is InChI=1S/C12H11F2N3O2/c13-9-4-1-7(5-10(9)14)6-15-17-12(19)11(18)16-8-2-3-8/h1,4-6,8H,2-3H2,(H,16,18)(H,17,19)/b15-6-. The Kier molecular flexibility index (Phi) is 3.84. The van der Waals surface area contributed by atoms with Crippen molar-refractivity contribution in [3.05, 3.63) is 35.4 Å². The Labute approximate surface area is 107 Å². The van der Waals surface area contributed by atoms with Crippen molar-refractivity contribution in [1.29, 1.82) is 0 Å². The predicted molar refractivity (Wildman–Crippen MR) is 63.3 cm³/mol. The number of amides is 2. The zero-order valence-corrected chi connectivity index (χ0v) is 9.82. The van der Waals surface area contributed by atoms with Crippen molar-refractivity contribution < 1.29 is 18.4 Å². The van der Waals surface area contributed by atoms with Crippen molar-refractivity contribution in [1.82, 2.24) is 10.7 Å². The van der Waals surface area contributed by atoms with Gasteiger partial charge in [0, 0.05) is 6.04 Å². The van der Waals surface area contributed by atoms with Gasteiger partial charge >= 0.3 is 11.8 Å². The van der Waals surface area contributed by atoms with Crippen LogP contribution >= 0.6 is 0 Å². The fraction of sp³-hybridized carbons (Fsp3) is 0.250. The number of nitrogens with zero attached hydrogens (tertiary/aromatic N) is 1. The SMILES string of the molecule is O=C(N/N=C\c1ccc(F)c(F)c1)C(=O)NC1CC1.